The molecule has 0 aliphatic rings. The van der Waals surface area contributed by atoms with Crippen LogP contribution in [-0.4, -0.2) is 0 Å². The van der Waals surface area contributed by atoms with Gasteiger partial charge in [0.05, 0.1) is 10.9 Å². The zero-order valence-corrected chi connectivity index (χ0v) is 15.4. The van der Waals surface area contributed by atoms with E-state index in [9.17, 15) is 4.79 Å². The van der Waals surface area contributed by atoms with Crippen LogP contribution in [0.3, 0.4) is 0 Å². The third-order valence-corrected chi connectivity index (χ3v) is 4.62. The van der Waals surface area contributed by atoms with Crippen LogP contribution in [0.4, 0.5) is 0 Å². The largest absolute Gasteiger partial charge is 0.489 e. The van der Waals surface area contributed by atoms with Crippen LogP contribution in [0.15, 0.2) is 92.7 Å². The van der Waals surface area contributed by atoms with Gasteiger partial charge < -0.3 is 9.15 Å². The smallest absolute Gasteiger partial charge is 0.200 e. The van der Waals surface area contributed by atoms with Crippen LogP contribution >= 0.6 is 15.9 Å². The molecule has 0 aliphatic heterocycles. The van der Waals surface area contributed by atoms with Gasteiger partial charge in [-0.3, -0.25) is 4.79 Å². The van der Waals surface area contributed by atoms with Crippen molar-refractivity contribution in [2.75, 3.05) is 0 Å². The summed E-state index contributed by atoms with van der Waals surface area (Å²) in [6, 6.07) is 22.8. The van der Waals surface area contributed by atoms with Gasteiger partial charge in [-0.1, -0.05) is 58.4 Å². The van der Waals surface area contributed by atoms with E-state index in [1.165, 1.54) is 6.26 Å². The van der Waals surface area contributed by atoms with Crippen molar-refractivity contribution in [3.8, 4) is 16.9 Å². The zero-order valence-electron chi connectivity index (χ0n) is 13.8. The Kier molecular flexibility index (Phi) is 4.59. The second-order valence-corrected chi connectivity index (χ2v) is 6.84. The van der Waals surface area contributed by atoms with Gasteiger partial charge in [-0.05, 0) is 35.4 Å². The molecule has 4 heteroatoms. The first kappa shape index (κ1) is 16.6. The molecule has 0 saturated carbocycles. The molecule has 3 aromatic carbocycles. The molecule has 1 aromatic heterocycles. The standard InChI is InChI=1S/C22H15BrO3/c23-17-8-4-5-15(11-17)13-25-18-9-10-19-21(12-18)26-14-20(22(19)24)16-6-2-1-3-7-16/h1-12,14H,13H2. The van der Waals surface area contributed by atoms with Gasteiger partial charge in [0, 0.05) is 10.5 Å². The molecule has 26 heavy (non-hydrogen) atoms. The summed E-state index contributed by atoms with van der Waals surface area (Å²) in [6.45, 7) is 0.442. The summed E-state index contributed by atoms with van der Waals surface area (Å²) in [5.74, 6) is 0.660. The van der Waals surface area contributed by atoms with Gasteiger partial charge in [-0.2, -0.15) is 0 Å². The molecule has 0 radical (unpaired) electrons. The lowest BCUT2D eigenvalue weighted by atomic mass is 10.1. The van der Waals surface area contributed by atoms with Gasteiger partial charge in [-0.25, -0.2) is 0 Å². The molecule has 0 unspecified atom stereocenters. The Labute approximate surface area is 159 Å². The van der Waals surface area contributed by atoms with Crippen LogP contribution in [0.1, 0.15) is 5.56 Å². The highest BCUT2D eigenvalue weighted by Gasteiger charge is 2.10. The van der Waals surface area contributed by atoms with Gasteiger partial charge in [0.2, 0.25) is 0 Å². The van der Waals surface area contributed by atoms with E-state index in [1.54, 1.807) is 18.2 Å². The molecule has 4 rings (SSSR count). The Morgan fingerprint density at radius 1 is 0.923 bits per heavy atom. The number of ether oxygens (including phenoxy) is 1. The normalized spacial score (nSPS) is 10.8. The van der Waals surface area contributed by atoms with E-state index in [1.807, 2.05) is 54.6 Å². The Balaban J connectivity index is 1.63. The maximum Gasteiger partial charge on any atom is 0.200 e. The van der Waals surface area contributed by atoms with Crippen LogP contribution in [-0.2, 0) is 6.61 Å². The average Bonchev–Trinajstić information content (AvgIpc) is 2.67. The predicted octanol–water partition coefficient (Wildman–Crippen LogP) is 5.80. The van der Waals surface area contributed by atoms with Crippen LogP contribution in [0.25, 0.3) is 22.1 Å². The maximum atomic E-state index is 12.8. The number of rotatable bonds is 4. The van der Waals surface area contributed by atoms with E-state index in [0.717, 1.165) is 15.6 Å². The number of benzene rings is 3. The van der Waals surface area contributed by atoms with Crippen molar-refractivity contribution < 1.29 is 9.15 Å². The quantitative estimate of drug-likeness (QED) is 0.429. The number of hydrogen-bond acceptors (Lipinski definition) is 3. The average molecular weight is 407 g/mol. The van der Waals surface area contributed by atoms with E-state index in [4.69, 9.17) is 9.15 Å². The lowest BCUT2D eigenvalue weighted by molar-refractivity contribution is 0.306. The van der Waals surface area contributed by atoms with Crippen molar-refractivity contribution in [3.05, 3.63) is 99.3 Å². The monoisotopic (exact) mass is 406 g/mol. The summed E-state index contributed by atoms with van der Waals surface area (Å²) in [7, 11) is 0. The SMILES string of the molecule is O=c1c(-c2ccccc2)coc2cc(OCc3cccc(Br)c3)ccc12. The summed E-state index contributed by atoms with van der Waals surface area (Å²) >= 11 is 3.45. The summed E-state index contributed by atoms with van der Waals surface area (Å²) in [4.78, 5) is 12.8. The molecule has 0 N–H and O–H groups in total. The minimum atomic E-state index is -0.0454. The topological polar surface area (TPSA) is 39.4 Å². The van der Waals surface area contributed by atoms with Crippen molar-refractivity contribution >= 4 is 26.9 Å². The third kappa shape index (κ3) is 3.41. The molecule has 0 atom stereocenters. The lowest BCUT2D eigenvalue weighted by Crippen LogP contribution is -2.05. The van der Waals surface area contributed by atoms with Gasteiger partial charge in [-0.15, -0.1) is 0 Å². The van der Waals surface area contributed by atoms with Crippen molar-refractivity contribution in [3.63, 3.8) is 0 Å². The zero-order chi connectivity index (χ0) is 17.9. The Bertz CT molecular complexity index is 1120. The van der Waals surface area contributed by atoms with E-state index in [0.29, 0.717) is 28.9 Å². The molecule has 0 spiro atoms. The van der Waals surface area contributed by atoms with Gasteiger partial charge in [0.15, 0.2) is 5.43 Å². The second kappa shape index (κ2) is 7.18. The molecule has 0 amide bonds. The fraction of sp³-hybridized carbons (Fsp3) is 0.0455. The first-order valence-corrected chi connectivity index (χ1v) is 8.98. The number of fused-ring (bicyclic) bond motifs is 1. The second-order valence-electron chi connectivity index (χ2n) is 5.92. The third-order valence-electron chi connectivity index (χ3n) is 4.13. The van der Waals surface area contributed by atoms with E-state index < -0.39 is 0 Å². The summed E-state index contributed by atoms with van der Waals surface area (Å²) in [5, 5.41) is 0.543. The molecule has 0 saturated heterocycles. The van der Waals surface area contributed by atoms with Crippen LogP contribution in [0, 0.1) is 0 Å². The lowest BCUT2D eigenvalue weighted by Gasteiger charge is -2.08. The Hall–Kier alpha value is -2.85. The molecule has 128 valence electrons. The fourth-order valence-corrected chi connectivity index (χ4v) is 3.26. The fourth-order valence-electron chi connectivity index (χ4n) is 2.81. The minimum absolute atomic E-state index is 0.0454. The molecule has 0 fully saturated rings. The van der Waals surface area contributed by atoms with Crippen LogP contribution < -0.4 is 10.2 Å². The summed E-state index contributed by atoms with van der Waals surface area (Å²) in [5.41, 5.74) is 2.93. The van der Waals surface area contributed by atoms with Gasteiger partial charge >= 0.3 is 0 Å². The van der Waals surface area contributed by atoms with E-state index in [2.05, 4.69) is 15.9 Å². The van der Waals surface area contributed by atoms with Crippen LogP contribution in [0.2, 0.25) is 0 Å². The molecular formula is C22H15BrO3. The van der Waals surface area contributed by atoms with Crippen molar-refractivity contribution in [2.24, 2.45) is 0 Å². The Morgan fingerprint density at radius 2 is 1.77 bits per heavy atom. The van der Waals surface area contributed by atoms with Crippen molar-refractivity contribution in [2.45, 2.75) is 6.61 Å². The Morgan fingerprint density at radius 3 is 2.58 bits per heavy atom. The molecule has 0 aliphatic carbocycles. The van der Waals surface area contributed by atoms with Crippen molar-refractivity contribution in [1.82, 2.24) is 0 Å². The highest BCUT2D eigenvalue weighted by molar-refractivity contribution is 9.10. The molecular weight excluding hydrogens is 392 g/mol. The molecule has 0 bridgehead atoms. The first-order valence-electron chi connectivity index (χ1n) is 8.19. The highest BCUT2D eigenvalue weighted by atomic mass is 79.9. The number of halogens is 1. The van der Waals surface area contributed by atoms with E-state index >= 15 is 0 Å². The maximum absolute atomic E-state index is 12.8. The molecule has 1 heterocycles. The van der Waals surface area contributed by atoms with Gasteiger partial charge in [0.25, 0.3) is 0 Å². The molecule has 4 aromatic rings. The molecule has 3 nitrogen and oxygen atoms in total. The summed E-state index contributed by atoms with van der Waals surface area (Å²) in [6.07, 6.45) is 1.51. The van der Waals surface area contributed by atoms with Crippen LogP contribution in [0.5, 0.6) is 5.75 Å². The van der Waals surface area contributed by atoms with E-state index in [-0.39, 0.29) is 5.43 Å². The summed E-state index contributed by atoms with van der Waals surface area (Å²) < 4.78 is 12.5. The predicted molar refractivity (Wildman–Crippen MR) is 106 cm³/mol. The minimum Gasteiger partial charge on any atom is -0.489 e. The van der Waals surface area contributed by atoms with Gasteiger partial charge in [0.1, 0.15) is 24.2 Å². The highest BCUT2D eigenvalue weighted by Crippen LogP contribution is 2.24. The first-order chi connectivity index (χ1) is 12.7. The number of hydrogen-bond donors (Lipinski definition) is 0. The van der Waals surface area contributed by atoms with Crippen molar-refractivity contribution in [1.29, 1.82) is 0 Å².